The summed E-state index contributed by atoms with van der Waals surface area (Å²) in [7, 11) is 0. The molecule has 0 heterocycles. The van der Waals surface area contributed by atoms with Crippen LogP contribution in [0.25, 0.3) is 0 Å². The summed E-state index contributed by atoms with van der Waals surface area (Å²) in [6.07, 6.45) is 2.93. The molecule has 0 aromatic heterocycles. The van der Waals surface area contributed by atoms with Gasteiger partial charge in [0.25, 0.3) is 0 Å². The zero-order valence-electron chi connectivity index (χ0n) is 11.3. The molecule has 0 radical (unpaired) electrons. The number of alkyl halides is 1. The summed E-state index contributed by atoms with van der Waals surface area (Å²) in [5, 5.41) is 0. The van der Waals surface area contributed by atoms with Gasteiger partial charge < -0.3 is 4.90 Å². The van der Waals surface area contributed by atoms with Crippen molar-refractivity contribution in [3.63, 3.8) is 0 Å². The number of rotatable bonds is 7. The lowest BCUT2D eigenvalue weighted by molar-refractivity contribution is -0.133. The van der Waals surface area contributed by atoms with Gasteiger partial charge in [-0.3, -0.25) is 4.79 Å². The molecule has 96 valence electrons. The van der Waals surface area contributed by atoms with Crippen molar-refractivity contribution in [2.75, 3.05) is 6.54 Å². The van der Waals surface area contributed by atoms with Gasteiger partial charge in [-0.1, -0.05) is 50.5 Å². The molecular formula is C13H26BrNO. The van der Waals surface area contributed by atoms with Crippen molar-refractivity contribution in [2.24, 2.45) is 5.92 Å². The topological polar surface area (TPSA) is 20.3 Å². The van der Waals surface area contributed by atoms with E-state index in [0.717, 1.165) is 25.8 Å². The van der Waals surface area contributed by atoms with Crippen molar-refractivity contribution >= 4 is 21.8 Å². The van der Waals surface area contributed by atoms with Gasteiger partial charge in [0.15, 0.2) is 0 Å². The van der Waals surface area contributed by atoms with Crippen LogP contribution in [0.3, 0.4) is 0 Å². The van der Waals surface area contributed by atoms with Gasteiger partial charge in [-0.15, -0.1) is 0 Å². The molecule has 0 aromatic rings. The van der Waals surface area contributed by atoms with Gasteiger partial charge in [-0.2, -0.15) is 0 Å². The van der Waals surface area contributed by atoms with Crippen molar-refractivity contribution in [3.05, 3.63) is 0 Å². The maximum atomic E-state index is 12.2. The standard InChI is InChI=1S/C13H26BrNO/c1-6-11(7-2)15(9-10(4)5)13(16)12(14)8-3/h10-12H,6-9H2,1-5H3. The van der Waals surface area contributed by atoms with Gasteiger partial charge in [0.05, 0.1) is 4.83 Å². The Morgan fingerprint density at radius 3 is 1.94 bits per heavy atom. The quantitative estimate of drug-likeness (QED) is 0.653. The van der Waals surface area contributed by atoms with Crippen LogP contribution in [0.4, 0.5) is 0 Å². The van der Waals surface area contributed by atoms with E-state index in [1.807, 2.05) is 6.92 Å². The van der Waals surface area contributed by atoms with Crippen LogP contribution < -0.4 is 0 Å². The van der Waals surface area contributed by atoms with Gasteiger partial charge in [-0.05, 0) is 25.2 Å². The van der Waals surface area contributed by atoms with E-state index in [-0.39, 0.29) is 10.7 Å². The average molecular weight is 292 g/mol. The summed E-state index contributed by atoms with van der Waals surface area (Å²) in [6, 6.07) is 0.390. The summed E-state index contributed by atoms with van der Waals surface area (Å²) in [5.41, 5.74) is 0. The number of carbonyl (C=O) groups excluding carboxylic acids is 1. The molecule has 0 aromatic carbocycles. The Hall–Kier alpha value is -0.0500. The second-order valence-corrected chi connectivity index (χ2v) is 5.84. The van der Waals surface area contributed by atoms with Crippen molar-refractivity contribution in [2.45, 2.75) is 64.8 Å². The van der Waals surface area contributed by atoms with E-state index in [9.17, 15) is 4.79 Å². The highest BCUT2D eigenvalue weighted by Crippen LogP contribution is 2.17. The first kappa shape index (κ1) is 16.0. The van der Waals surface area contributed by atoms with Crippen LogP contribution in [0.1, 0.15) is 53.9 Å². The summed E-state index contributed by atoms with van der Waals surface area (Å²) in [6.45, 7) is 11.6. The molecule has 0 saturated heterocycles. The summed E-state index contributed by atoms with van der Waals surface area (Å²) in [5.74, 6) is 0.783. The van der Waals surface area contributed by atoms with Crippen molar-refractivity contribution in [3.8, 4) is 0 Å². The minimum atomic E-state index is -0.0214. The molecule has 0 bridgehead atoms. The van der Waals surface area contributed by atoms with E-state index < -0.39 is 0 Å². The molecule has 0 spiro atoms. The van der Waals surface area contributed by atoms with Crippen LogP contribution >= 0.6 is 15.9 Å². The minimum absolute atomic E-state index is 0.0214. The molecule has 2 nitrogen and oxygen atoms in total. The fraction of sp³-hybridized carbons (Fsp3) is 0.923. The molecule has 0 aliphatic rings. The third-order valence-electron chi connectivity index (χ3n) is 2.85. The molecule has 0 saturated carbocycles. The van der Waals surface area contributed by atoms with Gasteiger partial charge in [0.2, 0.25) is 5.91 Å². The van der Waals surface area contributed by atoms with Crippen LogP contribution in [0.15, 0.2) is 0 Å². The van der Waals surface area contributed by atoms with Crippen LogP contribution in [-0.4, -0.2) is 28.2 Å². The summed E-state index contributed by atoms with van der Waals surface area (Å²) in [4.78, 5) is 14.3. The largest absolute Gasteiger partial charge is 0.339 e. The Bertz CT molecular complexity index is 202. The lowest BCUT2D eigenvalue weighted by Crippen LogP contribution is -2.45. The number of halogens is 1. The first-order chi connectivity index (χ1) is 7.47. The van der Waals surface area contributed by atoms with Crippen LogP contribution in [0.5, 0.6) is 0 Å². The first-order valence-corrected chi connectivity index (χ1v) is 7.33. The first-order valence-electron chi connectivity index (χ1n) is 6.42. The number of hydrogen-bond acceptors (Lipinski definition) is 1. The summed E-state index contributed by atoms with van der Waals surface area (Å²) >= 11 is 3.47. The fourth-order valence-electron chi connectivity index (χ4n) is 1.90. The van der Waals surface area contributed by atoms with Crippen molar-refractivity contribution < 1.29 is 4.79 Å². The average Bonchev–Trinajstić information content (AvgIpc) is 2.26. The van der Waals surface area contributed by atoms with Crippen LogP contribution in [-0.2, 0) is 4.79 Å². The van der Waals surface area contributed by atoms with E-state index >= 15 is 0 Å². The van der Waals surface area contributed by atoms with Crippen molar-refractivity contribution in [1.82, 2.24) is 4.90 Å². The molecule has 1 atom stereocenters. The van der Waals surface area contributed by atoms with E-state index in [1.165, 1.54) is 0 Å². The van der Waals surface area contributed by atoms with Gasteiger partial charge in [0, 0.05) is 12.6 Å². The summed E-state index contributed by atoms with van der Waals surface area (Å²) < 4.78 is 0. The molecule has 3 heteroatoms. The van der Waals surface area contributed by atoms with Gasteiger partial charge in [-0.25, -0.2) is 0 Å². The molecule has 0 N–H and O–H groups in total. The normalized spacial score (nSPS) is 13.2. The molecule has 16 heavy (non-hydrogen) atoms. The number of hydrogen-bond donors (Lipinski definition) is 0. The predicted molar refractivity (Wildman–Crippen MR) is 73.9 cm³/mol. The molecule has 0 aliphatic carbocycles. The highest BCUT2D eigenvalue weighted by atomic mass is 79.9. The van der Waals surface area contributed by atoms with Gasteiger partial charge in [0.1, 0.15) is 0 Å². The van der Waals surface area contributed by atoms with E-state index in [1.54, 1.807) is 0 Å². The zero-order valence-corrected chi connectivity index (χ0v) is 12.9. The Morgan fingerprint density at radius 2 is 1.62 bits per heavy atom. The SMILES string of the molecule is CCC(Br)C(=O)N(CC(C)C)C(CC)CC. The monoisotopic (exact) mass is 291 g/mol. The smallest absolute Gasteiger partial charge is 0.236 e. The van der Waals surface area contributed by atoms with Gasteiger partial charge >= 0.3 is 0 Å². The van der Waals surface area contributed by atoms with E-state index in [4.69, 9.17) is 0 Å². The fourth-order valence-corrected chi connectivity index (χ4v) is 2.16. The highest BCUT2D eigenvalue weighted by molar-refractivity contribution is 9.10. The van der Waals surface area contributed by atoms with Crippen LogP contribution in [0.2, 0.25) is 0 Å². The molecule has 0 aliphatic heterocycles. The number of amides is 1. The minimum Gasteiger partial charge on any atom is -0.339 e. The zero-order chi connectivity index (χ0) is 12.7. The number of carbonyl (C=O) groups is 1. The molecule has 0 fully saturated rings. The Morgan fingerprint density at radius 1 is 1.12 bits per heavy atom. The number of nitrogens with zero attached hydrogens (tertiary/aromatic N) is 1. The Labute approximate surface area is 109 Å². The maximum Gasteiger partial charge on any atom is 0.236 e. The lowest BCUT2D eigenvalue weighted by Gasteiger charge is -2.33. The predicted octanol–water partition coefficient (Wildman–Crippen LogP) is 3.83. The van der Waals surface area contributed by atoms with E-state index in [2.05, 4.69) is 48.5 Å². The third-order valence-corrected chi connectivity index (χ3v) is 3.89. The molecule has 0 rings (SSSR count). The third kappa shape index (κ3) is 4.86. The van der Waals surface area contributed by atoms with E-state index in [0.29, 0.717) is 12.0 Å². The molecule has 1 unspecified atom stereocenters. The van der Waals surface area contributed by atoms with Crippen LogP contribution in [0, 0.1) is 5.92 Å². The Balaban J connectivity index is 4.70. The maximum absolute atomic E-state index is 12.2. The van der Waals surface area contributed by atoms with Crippen molar-refractivity contribution in [1.29, 1.82) is 0 Å². The Kier molecular flexibility index (Phi) is 8.08. The lowest BCUT2D eigenvalue weighted by atomic mass is 10.1. The molecular weight excluding hydrogens is 266 g/mol. The molecule has 1 amide bonds. The highest BCUT2D eigenvalue weighted by Gasteiger charge is 2.25. The second-order valence-electron chi connectivity index (χ2n) is 4.73. The second kappa shape index (κ2) is 8.10.